The van der Waals surface area contributed by atoms with Crippen LogP contribution in [0.2, 0.25) is 0 Å². The predicted octanol–water partition coefficient (Wildman–Crippen LogP) is 1.10. The van der Waals surface area contributed by atoms with E-state index in [9.17, 15) is 0 Å². The molecule has 2 rings (SSSR count). The third-order valence-electron chi connectivity index (χ3n) is 2.38. The normalized spacial score (nSPS) is 10.3. The largest absolute Gasteiger partial charge is 0.497 e. The van der Waals surface area contributed by atoms with E-state index in [2.05, 4.69) is 5.10 Å². The molecule has 0 atom stereocenters. The number of ether oxygens (including phenoxy) is 1. The van der Waals surface area contributed by atoms with Crippen molar-refractivity contribution in [1.82, 2.24) is 9.78 Å². The lowest BCUT2D eigenvalue weighted by Crippen LogP contribution is -2.06. The summed E-state index contributed by atoms with van der Waals surface area (Å²) >= 11 is 0. The summed E-state index contributed by atoms with van der Waals surface area (Å²) in [6.07, 6.45) is 1.55. The van der Waals surface area contributed by atoms with E-state index in [4.69, 9.17) is 16.2 Å². The highest BCUT2D eigenvalue weighted by Crippen LogP contribution is 2.17. The summed E-state index contributed by atoms with van der Waals surface area (Å²) in [5.74, 6) is 1.30. The molecule has 0 fully saturated rings. The summed E-state index contributed by atoms with van der Waals surface area (Å²) in [6.45, 7) is 0.584. The number of rotatable bonds is 3. The number of anilines is 2. The van der Waals surface area contributed by atoms with Crippen LogP contribution in [0.5, 0.6) is 5.75 Å². The Hall–Kier alpha value is -2.17. The van der Waals surface area contributed by atoms with E-state index in [1.165, 1.54) is 0 Å². The molecule has 0 saturated carbocycles. The number of nitrogen functional groups attached to an aromatic ring is 2. The number of hydrogen-bond donors (Lipinski definition) is 2. The highest BCUT2D eigenvalue weighted by molar-refractivity contribution is 5.57. The fourth-order valence-electron chi connectivity index (χ4n) is 1.48. The molecule has 0 aliphatic heterocycles. The van der Waals surface area contributed by atoms with Crippen molar-refractivity contribution in [3.8, 4) is 5.75 Å². The Balaban J connectivity index is 2.23. The Morgan fingerprint density at radius 2 is 2.19 bits per heavy atom. The van der Waals surface area contributed by atoms with Crippen LogP contribution in [0.4, 0.5) is 11.5 Å². The summed E-state index contributed by atoms with van der Waals surface area (Å²) in [5, 5.41) is 4.09. The Morgan fingerprint density at radius 1 is 1.38 bits per heavy atom. The second-order valence-corrected chi connectivity index (χ2v) is 3.49. The Labute approximate surface area is 93.6 Å². The summed E-state index contributed by atoms with van der Waals surface area (Å²) in [7, 11) is 1.64. The van der Waals surface area contributed by atoms with Gasteiger partial charge < -0.3 is 16.2 Å². The minimum atomic E-state index is 0.489. The number of nitrogens with two attached hydrogens (primary N) is 2. The topological polar surface area (TPSA) is 79.1 Å². The van der Waals surface area contributed by atoms with Gasteiger partial charge in [0.1, 0.15) is 11.6 Å². The molecule has 16 heavy (non-hydrogen) atoms. The van der Waals surface area contributed by atoms with Gasteiger partial charge in [0.05, 0.1) is 25.5 Å². The lowest BCUT2D eigenvalue weighted by atomic mass is 10.2. The molecule has 1 aromatic heterocycles. The van der Waals surface area contributed by atoms with E-state index in [0.717, 1.165) is 11.3 Å². The maximum atomic E-state index is 5.77. The van der Waals surface area contributed by atoms with Crippen LogP contribution < -0.4 is 16.2 Å². The van der Waals surface area contributed by atoms with Crippen molar-refractivity contribution in [2.75, 3.05) is 18.6 Å². The lowest BCUT2D eigenvalue weighted by Gasteiger charge is -2.06. The van der Waals surface area contributed by atoms with Gasteiger partial charge >= 0.3 is 0 Å². The van der Waals surface area contributed by atoms with Crippen LogP contribution in [0.3, 0.4) is 0 Å². The molecule has 0 aliphatic rings. The SMILES string of the molecule is COc1cccc(Cn2ncc(N)c2N)c1. The average Bonchev–Trinajstić information content (AvgIpc) is 2.61. The maximum absolute atomic E-state index is 5.77. The van der Waals surface area contributed by atoms with Crippen LogP contribution in [0.1, 0.15) is 5.56 Å². The van der Waals surface area contributed by atoms with Gasteiger partial charge in [0.2, 0.25) is 0 Å². The van der Waals surface area contributed by atoms with Crippen LogP contribution in [-0.2, 0) is 6.54 Å². The monoisotopic (exact) mass is 218 g/mol. The van der Waals surface area contributed by atoms with E-state index in [1.54, 1.807) is 18.0 Å². The van der Waals surface area contributed by atoms with Crippen molar-refractivity contribution in [3.05, 3.63) is 36.0 Å². The fraction of sp³-hybridized carbons (Fsp3) is 0.182. The molecule has 1 heterocycles. The minimum Gasteiger partial charge on any atom is -0.497 e. The van der Waals surface area contributed by atoms with E-state index in [1.807, 2.05) is 24.3 Å². The molecule has 0 unspecified atom stereocenters. The number of benzene rings is 1. The first-order valence-electron chi connectivity index (χ1n) is 4.90. The molecule has 2 aromatic rings. The summed E-state index contributed by atoms with van der Waals surface area (Å²) in [6, 6.07) is 7.75. The molecule has 5 heteroatoms. The van der Waals surface area contributed by atoms with Crippen LogP contribution >= 0.6 is 0 Å². The smallest absolute Gasteiger partial charge is 0.145 e. The average molecular weight is 218 g/mol. The molecule has 1 aromatic carbocycles. The molecule has 0 saturated heterocycles. The van der Waals surface area contributed by atoms with Gasteiger partial charge in [-0.1, -0.05) is 12.1 Å². The molecular formula is C11H14N4O. The fourth-order valence-corrected chi connectivity index (χ4v) is 1.48. The van der Waals surface area contributed by atoms with Crippen LogP contribution in [0.25, 0.3) is 0 Å². The third kappa shape index (κ3) is 1.93. The zero-order chi connectivity index (χ0) is 11.5. The van der Waals surface area contributed by atoms with Crippen molar-refractivity contribution in [1.29, 1.82) is 0 Å². The second kappa shape index (κ2) is 4.14. The first-order valence-corrected chi connectivity index (χ1v) is 4.90. The molecule has 84 valence electrons. The Morgan fingerprint density at radius 3 is 2.81 bits per heavy atom. The quantitative estimate of drug-likeness (QED) is 0.808. The van der Waals surface area contributed by atoms with E-state index in [-0.39, 0.29) is 0 Å². The van der Waals surface area contributed by atoms with Gasteiger partial charge in [-0.2, -0.15) is 5.10 Å². The summed E-state index contributed by atoms with van der Waals surface area (Å²) < 4.78 is 6.80. The molecule has 4 N–H and O–H groups in total. The van der Waals surface area contributed by atoms with Gasteiger partial charge in [0.15, 0.2) is 0 Å². The highest BCUT2D eigenvalue weighted by atomic mass is 16.5. The van der Waals surface area contributed by atoms with Crippen molar-refractivity contribution < 1.29 is 4.74 Å². The predicted molar refractivity (Wildman–Crippen MR) is 63.1 cm³/mol. The van der Waals surface area contributed by atoms with Crippen molar-refractivity contribution in [3.63, 3.8) is 0 Å². The van der Waals surface area contributed by atoms with Crippen LogP contribution in [0.15, 0.2) is 30.5 Å². The zero-order valence-electron chi connectivity index (χ0n) is 9.05. The number of methoxy groups -OCH3 is 1. The van der Waals surface area contributed by atoms with Gasteiger partial charge in [-0.05, 0) is 17.7 Å². The van der Waals surface area contributed by atoms with E-state index >= 15 is 0 Å². The lowest BCUT2D eigenvalue weighted by molar-refractivity contribution is 0.414. The summed E-state index contributed by atoms with van der Waals surface area (Å²) in [5.41, 5.74) is 12.9. The molecule has 5 nitrogen and oxygen atoms in total. The van der Waals surface area contributed by atoms with Crippen LogP contribution in [0, 0.1) is 0 Å². The highest BCUT2D eigenvalue weighted by Gasteiger charge is 2.04. The number of hydrogen-bond acceptors (Lipinski definition) is 4. The molecule has 0 aliphatic carbocycles. The zero-order valence-corrected chi connectivity index (χ0v) is 9.05. The van der Waals surface area contributed by atoms with Crippen molar-refractivity contribution in [2.24, 2.45) is 0 Å². The van der Waals surface area contributed by atoms with E-state index in [0.29, 0.717) is 18.1 Å². The molecule has 0 radical (unpaired) electrons. The molecule has 0 amide bonds. The second-order valence-electron chi connectivity index (χ2n) is 3.49. The van der Waals surface area contributed by atoms with Crippen molar-refractivity contribution >= 4 is 11.5 Å². The maximum Gasteiger partial charge on any atom is 0.145 e. The van der Waals surface area contributed by atoms with Crippen LogP contribution in [-0.4, -0.2) is 16.9 Å². The molecule has 0 spiro atoms. The minimum absolute atomic E-state index is 0.489. The van der Waals surface area contributed by atoms with Gasteiger partial charge in [0.25, 0.3) is 0 Å². The third-order valence-corrected chi connectivity index (χ3v) is 2.38. The van der Waals surface area contributed by atoms with Gasteiger partial charge in [0, 0.05) is 0 Å². The van der Waals surface area contributed by atoms with Gasteiger partial charge in [-0.3, -0.25) is 0 Å². The Bertz CT molecular complexity index is 492. The van der Waals surface area contributed by atoms with Crippen molar-refractivity contribution in [2.45, 2.75) is 6.54 Å². The first-order chi connectivity index (χ1) is 7.70. The first kappa shape index (κ1) is 10.4. The Kier molecular flexibility index (Phi) is 2.68. The molecule has 0 bridgehead atoms. The van der Waals surface area contributed by atoms with Gasteiger partial charge in [-0.15, -0.1) is 0 Å². The molecular weight excluding hydrogens is 204 g/mol. The number of aromatic nitrogens is 2. The standard InChI is InChI=1S/C11H14N4O/c1-16-9-4-2-3-8(5-9)7-15-11(13)10(12)6-14-15/h2-6H,7,12-13H2,1H3. The number of nitrogens with zero attached hydrogens (tertiary/aromatic N) is 2. The van der Waals surface area contributed by atoms with Gasteiger partial charge in [-0.25, -0.2) is 4.68 Å². The van der Waals surface area contributed by atoms with E-state index < -0.39 is 0 Å². The summed E-state index contributed by atoms with van der Waals surface area (Å²) in [4.78, 5) is 0.